The van der Waals surface area contributed by atoms with E-state index in [1.165, 1.54) is 6.20 Å². The van der Waals surface area contributed by atoms with Gasteiger partial charge in [-0.1, -0.05) is 0 Å². The molecule has 24 heavy (non-hydrogen) atoms. The second-order valence-corrected chi connectivity index (χ2v) is 8.02. The maximum atomic E-state index is 12.8. The maximum Gasteiger partial charge on any atom is 0.244 e. The van der Waals surface area contributed by atoms with E-state index in [9.17, 15) is 13.5 Å². The number of aryl methyl sites for hydroxylation is 2. The molecule has 0 unspecified atom stereocenters. The topological polar surface area (TPSA) is 102 Å². The van der Waals surface area contributed by atoms with E-state index in [-0.39, 0.29) is 16.9 Å². The van der Waals surface area contributed by atoms with Crippen molar-refractivity contribution in [3.8, 4) is 0 Å². The molecular weight excluding hydrogens is 330 g/mol. The molecule has 0 amide bonds. The summed E-state index contributed by atoms with van der Waals surface area (Å²) in [6.07, 6.45) is 5.66. The molecule has 132 valence electrons. The molecule has 8 nitrogen and oxygen atoms in total. The lowest BCUT2D eigenvalue weighted by molar-refractivity contribution is 0.0280. The van der Waals surface area contributed by atoms with Gasteiger partial charge in [0.2, 0.25) is 10.0 Å². The van der Waals surface area contributed by atoms with Gasteiger partial charge in [0.15, 0.2) is 0 Å². The van der Waals surface area contributed by atoms with E-state index in [0.29, 0.717) is 25.1 Å². The molecule has 1 aliphatic carbocycles. The molecular formula is C15H23N5O3S. The summed E-state index contributed by atoms with van der Waals surface area (Å²) in [4.78, 5) is 0.193. The standard InChI is InChI=1S/C15H23N5O3S/c1-4-20-10(2)14(8-17-20)24(22,23)18-15(11-5-13(21)6-11)12-7-16-19(3)9-12/h7-9,11,13,15,18,21H,4-6H2,1-3H3/t11?,13?,15-/m1/s1. The number of aliphatic hydroxyl groups excluding tert-OH is 1. The van der Waals surface area contributed by atoms with Gasteiger partial charge in [0, 0.05) is 25.4 Å². The molecule has 1 atom stereocenters. The quantitative estimate of drug-likeness (QED) is 0.797. The van der Waals surface area contributed by atoms with Crippen molar-refractivity contribution in [1.82, 2.24) is 24.3 Å². The molecule has 0 bridgehead atoms. The van der Waals surface area contributed by atoms with Crippen molar-refractivity contribution in [3.63, 3.8) is 0 Å². The zero-order valence-corrected chi connectivity index (χ0v) is 14.9. The first-order valence-electron chi connectivity index (χ1n) is 8.03. The van der Waals surface area contributed by atoms with Crippen molar-refractivity contribution in [3.05, 3.63) is 29.8 Å². The van der Waals surface area contributed by atoms with Crippen molar-refractivity contribution < 1.29 is 13.5 Å². The van der Waals surface area contributed by atoms with Crippen LogP contribution in [-0.2, 0) is 23.6 Å². The van der Waals surface area contributed by atoms with Crippen molar-refractivity contribution >= 4 is 10.0 Å². The summed E-state index contributed by atoms with van der Waals surface area (Å²) in [5, 5.41) is 17.9. The predicted octanol–water partition coefficient (Wildman–Crippen LogP) is 0.735. The normalized spacial score (nSPS) is 22.3. The summed E-state index contributed by atoms with van der Waals surface area (Å²) in [5.74, 6) is 0.0560. The molecule has 0 aromatic carbocycles. The summed E-state index contributed by atoms with van der Waals surface area (Å²) >= 11 is 0. The molecule has 2 heterocycles. The fourth-order valence-corrected chi connectivity index (χ4v) is 4.65. The Morgan fingerprint density at radius 3 is 2.58 bits per heavy atom. The van der Waals surface area contributed by atoms with Gasteiger partial charge in [-0.3, -0.25) is 9.36 Å². The smallest absolute Gasteiger partial charge is 0.244 e. The fourth-order valence-electron chi connectivity index (χ4n) is 3.18. The van der Waals surface area contributed by atoms with Crippen LogP contribution < -0.4 is 4.72 Å². The zero-order valence-electron chi connectivity index (χ0n) is 14.0. The molecule has 0 aliphatic heterocycles. The van der Waals surface area contributed by atoms with Crippen LogP contribution in [0.15, 0.2) is 23.5 Å². The van der Waals surface area contributed by atoms with E-state index in [4.69, 9.17) is 0 Å². The highest BCUT2D eigenvalue weighted by atomic mass is 32.2. The number of aliphatic hydroxyl groups is 1. The Balaban J connectivity index is 1.90. The molecule has 1 saturated carbocycles. The molecule has 1 aliphatic rings. The van der Waals surface area contributed by atoms with Crippen LogP contribution in [-0.4, -0.2) is 39.2 Å². The SMILES string of the molecule is CCn1ncc(S(=O)(=O)N[C@@H](c2cnn(C)c2)C2CC(O)C2)c1C. The van der Waals surface area contributed by atoms with Crippen molar-refractivity contribution in [2.75, 3.05) is 0 Å². The van der Waals surface area contributed by atoms with Gasteiger partial charge in [-0.2, -0.15) is 10.2 Å². The van der Waals surface area contributed by atoms with E-state index in [1.54, 1.807) is 35.7 Å². The molecule has 3 rings (SSSR count). The van der Waals surface area contributed by atoms with Crippen LogP contribution in [0.5, 0.6) is 0 Å². The first-order valence-corrected chi connectivity index (χ1v) is 9.51. The largest absolute Gasteiger partial charge is 0.393 e. The van der Waals surface area contributed by atoms with E-state index >= 15 is 0 Å². The minimum Gasteiger partial charge on any atom is -0.393 e. The lowest BCUT2D eigenvalue weighted by atomic mass is 9.76. The Kier molecular flexibility index (Phi) is 4.50. The average Bonchev–Trinajstić information content (AvgIpc) is 3.08. The predicted molar refractivity (Wildman–Crippen MR) is 87.6 cm³/mol. The third kappa shape index (κ3) is 3.11. The van der Waals surface area contributed by atoms with Gasteiger partial charge in [-0.25, -0.2) is 13.1 Å². The second-order valence-electron chi connectivity index (χ2n) is 6.34. The third-order valence-corrected chi connectivity index (χ3v) is 6.18. The minimum absolute atomic E-state index is 0.0560. The lowest BCUT2D eigenvalue weighted by Gasteiger charge is -2.37. The number of hydrogen-bond acceptors (Lipinski definition) is 5. The van der Waals surface area contributed by atoms with Gasteiger partial charge in [-0.05, 0) is 32.6 Å². The third-order valence-electron chi connectivity index (χ3n) is 4.63. The number of hydrogen-bond donors (Lipinski definition) is 2. The Hall–Kier alpha value is -1.71. The van der Waals surface area contributed by atoms with Gasteiger partial charge in [0.05, 0.1) is 30.2 Å². The summed E-state index contributed by atoms with van der Waals surface area (Å²) in [7, 11) is -1.92. The first kappa shape index (κ1) is 17.1. The molecule has 1 fully saturated rings. The molecule has 2 aromatic rings. The number of nitrogens with zero attached hydrogens (tertiary/aromatic N) is 4. The van der Waals surface area contributed by atoms with Crippen molar-refractivity contribution in [2.24, 2.45) is 13.0 Å². The van der Waals surface area contributed by atoms with Crippen LogP contribution in [0.1, 0.15) is 37.1 Å². The summed E-state index contributed by atoms with van der Waals surface area (Å²) in [5.41, 5.74) is 1.42. The molecule has 0 spiro atoms. The van der Waals surface area contributed by atoms with Gasteiger partial charge in [0.1, 0.15) is 4.90 Å². The Labute approximate surface area is 141 Å². The highest BCUT2D eigenvalue weighted by molar-refractivity contribution is 7.89. The average molecular weight is 353 g/mol. The van der Waals surface area contributed by atoms with Crippen LogP contribution in [0.4, 0.5) is 0 Å². The number of aromatic nitrogens is 4. The van der Waals surface area contributed by atoms with Crippen molar-refractivity contribution in [2.45, 2.75) is 50.3 Å². The van der Waals surface area contributed by atoms with Gasteiger partial charge in [0.25, 0.3) is 0 Å². The second kappa shape index (κ2) is 6.30. The van der Waals surface area contributed by atoms with Crippen LogP contribution in [0, 0.1) is 12.8 Å². The van der Waals surface area contributed by atoms with Gasteiger partial charge < -0.3 is 5.11 Å². The fraction of sp³-hybridized carbons (Fsp3) is 0.600. The molecule has 2 N–H and O–H groups in total. The number of rotatable bonds is 6. The monoisotopic (exact) mass is 353 g/mol. The van der Waals surface area contributed by atoms with E-state index < -0.39 is 16.1 Å². The first-order chi connectivity index (χ1) is 11.3. The highest BCUT2D eigenvalue weighted by Crippen LogP contribution is 2.38. The summed E-state index contributed by atoms with van der Waals surface area (Å²) in [6, 6.07) is -0.406. The van der Waals surface area contributed by atoms with E-state index in [2.05, 4.69) is 14.9 Å². The van der Waals surface area contributed by atoms with E-state index in [0.717, 1.165) is 5.56 Å². The molecule has 0 radical (unpaired) electrons. The summed E-state index contributed by atoms with van der Waals surface area (Å²) in [6.45, 7) is 4.28. The van der Waals surface area contributed by atoms with E-state index in [1.807, 2.05) is 6.92 Å². The number of nitrogens with one attached hydrogen (secondary N) is 1. The molecule has 9 heteroatoms. The van der Waals surface area contributed by atoms with Crippen molar-refractivity contribution in [1.29, 1.82) is 0 Å². The van der Waals surface area contributed by atoms with Gasteiger partial charge >= 0.3 is 0 Å². The van der Waals surface area contributed by atoms with Crippen LogP contribution in [0.2, 0.25) is 0 Å². The molecule has 2 aromatic heterocycles. The zero-order chi connectivity index (χ0) is 17.5. The maximum absolute atomic E-state index is 12.8. The van der Waals surface area contributed by atoms with Crippen LogP contribution in [0.3, 0.4) is 0 Å². The minimum atomic E-state index is -3.71. The Morgan fingerprint density at radius 2 is 2.08 bits per heavy atom. The lowest BCUT2D eigenvalue weighted by Crippen LogP contribution is -2.41. The summed E-state index contributed by atoms with van der Waals surface area (Å²) < 4.78 is 31.8. The highest BCUT2D eigenvalue weighted by Gasteiger charge is 2.38. The van der Waals surface area contributed by atoms with Crippen LogP contribution >= 0.6 is 0 Å². The molecule has 0 saturated heterocycles. The Morgan fingerprint density at radius 1 is 1.38 bits per heavy atom. The number of sulfonamides is 1. The Bertz CT molecular complexity index is 820. The van der Waals surface area contributed by atoms with Gasteiger partial charge in [-0.15, -0.1) is 0 Å². The van der Waals surface area contributed by atoms with Crippen LogP contribution in [0.25, 0.3) is 0 Å².